The number of aromatic amines is 1. The van der Waals surface area contributed by atoms with E-state index in [1.807, 2.05) is 36.4 Å². The SMILES string of the molecule is CC1CN(c2ccc(C#N)cc2)CCN1[C@H]1C=C(c2cc3ncccc3c(=O)[nH]2)CC1. The topological polar surface area (TPSA) is 76.0 Å². The molecule has 156 valence electrons. The summed E-state index contributed by atoms with van der Waals surface area (Å²) in [7, 11) is 0. The summed E-state index contributed by atoms with van der Waals surface area (Å²) in [4.78, 5) is 24.8. The molecule has 0 saturated carbocycles. The molecule has 1 saturated heterocycles. The van der Waals surface area contributed by atoms with Gasteiger partial charge >= 0.3 is 0 Å². The second kappa shape index (κ2) is 8.01. The molecule has 6 heteroatoms. The van der Waals surface area contributed by atoms with E-state index in [2.05, 4.69) is 38.8 Å². The lowest BCUT2D eigenvalue weighted by Gasteiger charge is -2.43. The summed E-state index contributed by atoms with van der Waals surface area (Å²) in [5.41, 5.74) is 4.64. The fraction of sp³-hybridized carbons (Fsp3) is 0.320. The number of nitriles is 1. The van der Waals surface area contributed by atoms with Crippen LogP contribution in [0, 0.1) is 11.3 Å². The van der Waals surface area contributed by atoms with Crippen molar-refractivity contribution < 1.29 is 0 Å². The van der Waals surface area contributed by atoms with Gasteiger partial charge in [-0.1, -0.05) is 6.08 Å². The number of fused-ring (bicyclic) bond motifs is 1. The molecule has 0 radical (unpaired) electrons. The molecule has 2 aliphatic rings. The highest BCUT2D eigenvalue weighted by Crippen LogP contribution is 2.32. The quantitative estimate of drug-likeness (QED) is 0.713. The van der Waals surface area contributed by atoms with E-state index in [0.717, 1.165) is 43.7 Å². The number of piperazine rings is 1. The molecule has 3 aromatic rings. The Kier molecular flexibility index (Phi) is 5.05. The first kappa shape index (κ1) is 19.5. The van der Waals surface area contributed by atoms with Gasteiger partial charge < -0.3 is 9.88 Å². The van der Waals surface area contributed by atoms with Crippen LogP contribution in [0.2, 0.25) is 0 Å². The zero-order valence-electron chi connectivity index (χ0n) is 17.6. The lowest BCUT2D eigenvalue weighted by atomic mass is 10.1. The van der Waals surface area contributed by atoms with Crippen LogP contribution in [0.25, 0.3) is 16.5 Å². The third-order valence-corrected chi connectivity index (χ3v) is 6.53. The highest BCUT2D eigenvalue weighted by Gasteiger charge is 2.31. The Labute approximate surface area is 181 Å². The summed E-state index contributed by atoms with van der Waals surface area (Å²) in [5.74, 6) is 0. The average Bonchev–Trinajstić information content (AvgIpc) is 3.29. The fourth-order valence-electron chi connectivity index (χ4n) is 4.89. The molecule has 2 atom stereocenters. The van der Waals surface area contributed by atoms with Gasteiger partial charge in [-0.25, -0.2) is 0 Å². The molecular weight excluding hydrogens is 386 g/mol. The van der Waals surface area contributed by atoms with Crippen LogP contribution in [-0.2, 0) is 0 Å². The van der Waals surface area contributed by atoms with Gasteiger partial charge in [-0.3, -0.25) is 14.7 Å². The van der Waals surface area contributed by atoms with Gasteiger partial charge in [0.25, 0.3) is 5.56 Å². The van der Waals surface area contributed by atoms with Crippen molar-refractivity contribution in [3.8, 4) is 6.07 Å². The van der Waals surface area contributed by atoms with E-state index in [-0.39, 0.29) is 5.56 Å². The Morgan fingerprint density at radius 2 is 2.03 bits per heavy atom. The zero-order valence-corrected chi connectivity index (χ0v) is 17.6. The molecular formula is C25H25N5O. The summed E-state index contributed by atoms with van der Waals surface area (Å²) in [6, 6.07) is 16.4. The smallest absolute Gasteiger partial charge is 0.257 e. The van der Waals surface area contributed by atoms with Crippen molar-refractivity contribution in [1.29, 1.82) is 5.26 Å². The third kappa shape index (κ3) is 3.73. The average molecular weight is 412 g/mol. The first-order valence-corrected chi connectivity index (χ1v) is 10.8. The number of allylic oxidation sites excluding steroid dienone is 1. The number of aromatic nitrogens is 2. The normalized spacial score (nSPS) is 21.8. The van der Waals surface area contributed by atoms with Gasteiger partial charge in [0.2, 0.25) is 0 Å². The molecule has 1 unspecified atom stereocenters. The maximum absolute atomic E-state index is 12.4. The molecule has 6 nitrogen and oxygen atoms in total. The predicted molar refractivity (Wildman–Crippen MR) is 123 cm³/mol. The minimum atomic E-state index is -0.0747. The second-order valence-electron chi connectivity index (χ2n) is 8.44. The van der Waals surface area contributed by atoms with Crippen LogP contribution in [0.5, 0.6) is 0 Å². The van der Waals surface area contributed by atoms with E-state index in [0.29, 0.717) is 23.0 Å². The highest BCUT2D eigenvalue weighted by molar-refractivity contribution is 5.81. The lowest BCUT2D eigenvalue weighted by Crippen LogP contribution is -2.54. The van der Waals surface area contributed by atoms with Gasteiger partial charge in [-0.05, 0) is 67.8 Å². The van der Waals surface area contributed by atoms with E-state index >= 15 is 0 Å². The highest BCUT2D eigenvalue weighted by atomic mass is 16.1. The Hall–Kier alpha value is -3.43. The molecule has 31 heavy (non-hydrogen) atoms. The molecule has 1 N–H and O–H groups in total. The van der Waals surface area contributed by atoms with Gasteiger partial charge in [0.1, 0.15) is 0 Å². The van der Waals surface area contributed by atoms with E-state index in [1.165, 1.54) is 11.3 Å². The molecule has 1 aliphatic heterocycles. The molecule has 0 spiro atoms. The maximum Gasteiger partial charge on any atom is 0.257 e. The molecule has 3 heterocycles. The van der Waals surface area contributed by atoms with Crippen LogP contribution in [0.15, 0.2) is 59.5 Å². The summed E-state index contributed by atoms with van der Waals surface area (Å²) in [6.45, 7) is 5.20. The van der Waals surface area contributed by atoms with E-state index in [1.54, 1.807) is 12.3 Å². The van der Waals surface area contributed by atoms with Crippen molar-refractivity contribution in [3.63, 3.8) is 0 Å². The van der Waals surface area contributed by atoms with Crippen LogP contribution < -0.4 is 10.5 Å². The van der Waals surface area contributed by atoms with Gasteiger partial charge in [0.15, 0.2) is 0 Å². The zero-order chi connectivity index (χ0) is 21.4. The van der Waals surface area contributed by atoms with E-state index in [9.17, 15) is 4.79 Å². The van der Waals surface area contributed by atoms with Gasteiger partial charge in [0.05, 0.1) is 22.5 Å². The lowest BCUT2D eigenvalue weighted by molar-refractivity contribution is 0.153. The Bertz CT molecular complexity index is 1240. The second-order valence-corrected chi connectivity index (χ2v) is 8.44. The number of rotatable bonds is 3. The molecule has 0 amide bonds. The van der Waals surface area contributed by atoms with E-state index < -0.39 is 0 Å². The molecule has 1 aliphatic carbocycles. The summed E-state index contributed by atoms with van der Waals surface area (Å²) in [6.07, 6.45) is 6.08. The van der Waals surface area contributed by atoms with Gasteiger partial charge in [-0.15, -0.1) is 0 Å². The standard InChI is InChI=1S/C25H25N5O/c1-17-16-29(20-7-4-18(15-26)5-8-20)11-12-30(17)21-9-6-19(13-21)23-14-24-22(25(31)28-23)3-2-10-27-24/h2-5,7-8,10,13-14,17,21H,6,9,11-12,16H2,1H3,(H,28,31)/t17?,21-/m1/s1. The van der Waals surface area contributed by atoms with Crippen LogP contribution in [0.4, 0.5) is 5.69 Å². The number of pyridine rings is 2. The number of anilines is 1. The Morgan fingerprint density at radius 1 is 1.19 bits per heavy atom. The van der Waals surface area contributed by atoms with Crippen molar-refractivity contribution in [2.24, 2.45) is 0 Å². The van der Waals surface area contributed by atoms with Crippen molar-refractivity contribution in [1.82, 2.24) is 14.9 Å². The number of hydrogen-bond acceptors (Lipinski definition) is 5. The molecule has 5 rings (SSSR count). The monoisotopic (exact) mass is 411 g/mol. The number of nitrogens with zero attached hydrogens (tertiary/aromatic N) is 4. The first-order valence-electron chi connectivity index (χ1n) is 10.8. The van der Waals surface area contributed by atoms with Crippen molar-refractivity contribution in [2.45, 2.75) is 31.8 Å². The molecule has 0 bridgehead atoms. The Balaban J connectivity index is 1.32. The van der Waals surface area contributed by atoms with Gasteiger partial charge in [-0.2, -0.15) is 5.26 Å². The summed E-state index contributed by atoms with van der Waals surface area (Å²) >= 11 is 0. The van der Waals surface area contributed by atoms with Crippen molar-refractivity contribution in [2.75, 3.05) is 24.5 Å². The summed E-state index contributed by atoms with van der Waals surface area (Å²) < 4.78 is 0. The fourth-order valence-corrected chi connectivity index (χ4v) is 4.89. The molecule has 2 aromatic heterocycles. The van der Waals surface area contributed by atoms with Crippen molar-refractivity contribution >= 4 is 22.2 Å². The first-order chi connectivity index (χ1) is 15.1. The van der Waals surface area contributed by atoms with Crippen LogP contribution >= 0.6 is 0 Å². The number of benzene rings is 1. The number of H-pyrrole nitrogens is 1. The molecule has 1 fully saturated rings. The summed E-state index contributed by atoms with van der Waals surface area (Å²) in [5, 5.41) is 9.64. The van der Waals surface area contributed by atoms with Gasteiger partial charge in [0, 0.05) is 49.3 Å². The van der Waals surface area contributed by atoms with Crippen molar-refractivity contribution in [3.05, 3.63) is 76.3 Å². The predicted octanol–water partition coefficient (Wildman–Crippen LogP) is 3.55. The van der Waals surface area contributed by atoms with E-state index in [4.69, 9.17) is 5.26 Å². The van der Waals surface area contributed by atoms with Crippen LogP contribution in [0.3, 0.4) is 0 Å². The number of hydrogen-bond donors (Lipinski definition) is 1. The number of nitrogens with one attached hydrogen (secondary N) is 1. The maximum atomic E-state index is 12.4. The third-order valence-electron chi connectivity index (χ3n) is 6.53. The largest absolute Gasteiger partial charge is 0.369 e. The Morgan fingerprint density at radius 3 is 2.81 bits per heavy atom. The molecule has 1 aromatic carbocycles. The van der Waals surface area contributed by atoms with Crippen LogP contribution in [-0.4, -0.2) is 46.6 Å². The minimum Gasteiger partial charge on any atom is -0.369 e. The minimum absolute atomic E-state index is 0.0747. The van der Waals surface area contributed by atoms with Crippen LogP contribution in [0.1, 0.15) is 31.0 Å².